The average molecular weight is 217 g/mol. The van der Waals surface area contributed by atoms with E-state index in [0.29, 0.717) is 0 Å². The van der Waals surface area contributed by atoms with Crippen LogP contribution in [0.15, 0.2) is 24.3 Å². The predicted octanol–water partition coefficient (Wildman–Crippen LogP) is 1.27. The van der Waals surface area contributed by atoms with Gasteiger partial charge in [0.2, 0.25) is 0 Å². The zero-order chi connectivity index (χ0) is 11.7. The molecule has 4 nitrogen and oxygen atoms in total. The van der Waals surface area contributed by atoms with E-state index >= 15 is 0 Å². The number of amides is 1. The Morgan fingerprint density at radius 3 is 2.50 bits per heavy atom. The summed E-state index contributed by atoms with van der Waals surface area (Å²) < 4.78 is 0. The van der Waals surface area contributed by atoms with Crippen LogP contribution in [-0.2, 0) is 4.79 Å². The van der Waals surface area contributed by atoms with Gasteiger partial charge in [-0.1, -0.05) is 6.08 Å². The van der Waals surface area contributed by atoms with Crippen molar-refractivity contribution in [2.75, 3.05) is 7.05 Å². The van der Waals surface area contributed by atoms with Crippen molar-refractivity contribution in [3.05, 3.63) is 41.2 Å². The quantitative estimate of drug-likeness (QED) is 0.770. The highest BCUT2D eigenvalue weighted by molar-refractivity contribution is 5.87. The van der Waals surface area contributed by atoms with Crippen LogP contribution in [0.1, 0.15) is 23.0 Å². The van der Waals surface area contributed by atoms with Crippen molar-refractivity contribution in [2.24, 2.45) is 0 Å². The molecule has 1 N–H and O–H groups in total. The van der Waals surface area contributed by atoms with E-state index in [4.69, 9.17) is 0 Å². The largest absolute Gasteiger partial charge is 0.277 e. The Kier molecular flexibility index (Phi) is 2.75. The Labute approximate surface area is 95.0 Å². The maximum atomic E-state index is 11.3. The van der Waals surface area contributed by atoms with Crippen molar-refractivity contribution in [2.45, 2.75) is 19.9 Å². The van der Waals surface area contributed by atoms with Gasteiger partial charge in [-0.15, -0.1) is 0 Å². The van der Waals surface area contributed by atoms with Crippen LogP contribution >= 0.6 is 0 Å². The van der Waals surface area contributed by atoms with Gasteiger partial charge in [0.15, 0.2) is 0 Å². The molecule has 0 aliphatic carbocycles. The average Bonchev–Trinajstić information content (AvgIpc) is 2.20. The maximum Gasteiger partial charge on any atom is 0.260 e. The van der Waals surface area contributed by atoms with E-state index in [1.807, 2.05) is 32.1 Å². The molecule has 2 rings (SSSR count). The summed E-state index contributed by atoms with van der Waals surface area (Å²) in [6.45, 7) is 3.94. The number of pyridine rings is 1. The molecule has 0 saturated carbocycles. The lowest BCUT2D eigenvalue weighted by molar-refractivity contribution is -0.128. The van der Waals surface area contributed by atoms with Gasteiger partial charge in [0, 0.05) is 24.5 Å². The molecule has 84 valence electrons. The van der Waals surface area contributed by atoms with Crippen molar-refractivity contribution in [3.63, 3.8) is 0 Å². The minimum Gasteiger partial charge on any atom is -0.277 e. The molecule has 1 aromatic heterocycles. The van der Waals surface area contributed by atoms with Gasteiger partial charge in [-0.05, 0) is 31.5 Å². The lowest BCUT2D eigenvalue weighted by Crippen LogP contribution is -2.43. The van der Waals surface area contributed by atoms with Gasteiger partial charge < -0.3 is 0 Å². The van der Waals surface area contributed by atoms with Crippen molar-refractivity contribution < 1.29 is 4.79 Å². The van der Waals surface area contributed by atoms with Crippen molar-refractivity contribution in [3.8, 4) is 0 Å². The van der Waals surface area contributed by atoms with Crippen LogP contribution in [0.25, 0.3) is 0 Å². The van der Waals surface area contributed by atoms with E-state index in [0.717, 1.165) is 17.0 Å². The molecule has 1 unspecified atom stereocenters. The van der Waals surface area contributed by atoms with Crippen LogP contribution in [0.2, 0.25) is 0 Å². The standard InChI is InChI=1S/C12H15N3O/c1-8-6-10(7-9(2)13-8)11-4-5-12(16)15(3)14-11/h4-7,11,14H,1-3H3. The second kappa shape index (κ2) is 4.06. The third-order valence-electron chi connectivity index (χ3n) is 2.56. The monoisotopic (exact) mass is 217 g/mol. The maximum absolute atomic E-state index is 11.3. The first-order valence-electron chi connectivity index (χ1n) is 5.23. The molecule has 1 aromatic rings. The lowest BCUT2D eigenvalue weighted by Gasteiger charge is -2.27. The molecule has 4 heteroatoms. The fourth-order valence-corrected chi connectivity index (χ4v) is 1.84. The van der Waals surface area contributed by atoms with Crippen molar-refractivity contribution in [1.29, 1.82) is 0 Å². The van der Waals surface area contributed by atoms with E-state index in [1.165, 1.54) is 5.01 Å². The summed E-state index contributed by atoms with van der Waals surface area (Å²) in [4.78, 5) is 15.6. The van der Waals surface area contributed by atoms with Crippen molar-refractivity contribution >= 4 is 5.91 Å². The summed E-state index contributed by atoms with van der Waals surface area (Å²) >= 11 is 0. The van der Waals surface area contributed by atoms with Gasteiger partial charge >= 0.3 is 0 Å². The lowest BCUT2D eigenvalue weighted by atomic mass is 10.1. The first kappa shape index (κ1) is 10.8. The minimum atomic E-state index is -0.0289. The Hall–Kier alpha value is -1.68. The Bertz CT molecular complexity index is 433. The molecular formula is C12H15N3O. The van der Waals surface area contributed by atoms with E-state index in [9.17, 15) is 4.79 Å². The molecule has 1 aliphatic rings. The highest BCUT2D eigenvalue weighted by Gasteiger charge is 2.18. The molecule has 0 radical (unpaired) electrons. The van der Waals surface area contributed by atoms with Crippen LogP contribution in [0, 0.1) is 13.8 Å². The SMILES string of the molecule is Cc1cc(C2C=CC(=O)N(C)N2)cc(C)n1. The number of likely N-dealkylation sites (N-methyl/N-ethyl adjacent to an activating group) is 1. The number of hydrogen-bond donors (Lipinski definition) is 1. The molecule has 0 aromatic carbocycles. The first-order chi connectivity index (χ1) is 7.56. The molecule has 0 fully saturated rings. The second-order valence-electron chi connectivity index (χ2n) is 4.05. The minimum absolute atomic E-state index is 0.0289. The second-order valence-corrected chi connectivity index (χ2v) is 4.05. The summed E-state index contributed by atoms with van der Waals surface area (Å²) in [6.07, 6.45) is 3.46. The molecule has 0 spiro atoms. The molecule has 0 bridgehead atoms. The number of rotatable bonds is 1. The third-order valence-corrected chi connectivity index (χ3v) is 2.56. The highest BCUT2D eigenvalue weighted by atomic mass is 16.2. The number of carbonyl (C=O) groups excluding carboxylic acids is 1. The van der Waals surface area contributed by atoms with Gasteiger partial charge in [-0.25, -0.2) is 5.43 Å². The molecule has 1 aliphatic heterocycles. The smallest absolute Gasteiger partial charge is 0.260 e. The van der Waals surface area contributed by atoms with Gasteiger partial charge in [-0.3, -0.25) is 14.8 Å². The van der Waals surface area contributed by atoms with E-state index in [1.54, 1.807) is 13.1 Å². The van der Waals surface area contributed by atoms with Gasteiger partial charge in [0.25, 0.3) is 5.91 Å². The molecule has 0 saturated heterocycles. The van der Waals surface area contributed by atoms with Crippen LogP contribution in [0.4, 0.5) is 0 Å². The fourth-order valence-electron chi connectivity index (χ4n) is 1.84. The Balaban J connectivity index is 2.31. The molecule has 1 atom stereocenters. The summed E-state index contributed by atoms with van der Waals surface area (Å²) in [7, 11) is 1.72. The number of nitrogens with zero attached hydrogens (tertiary/aromatic N) is 2. The van der Waals surface area contributed by atoms with Gasteiger partial charge in [-0.2, -0.15) is 0 Å². The summed E-state index contributed by atoms with van der Waals surface area (Å²) in [6, 6.07) is 4.10. The number of hydrazine groups is 1. The Morgan fingerprint density at radius 1 is 1.31 bits per heavy atom. The number of aryl methyl sites for hydroxylation is 2. The summed E-state index contributed by atoms with van der Waals surface area (Å²) in [5, 5.41) is 1.50. The molecule has 16 heavy (non-hydrogen) atoms. The van der Waals surface area contributed by atoms with Crippen LogP contribution in [-0.4, -0.2) is 22.9 Å². The zero-order valence-electron chi connectivity index (χ0n) is 9.69. The predicted molar refractivity (Wildman–Crippen MR) is 61.5 cm³/mol. The number of nitrogens with one attached hydrogen (secondary N) is 1. The molecule has 1 amide bonds. The van der Waals surface area contributed by atoms with Crippen LogP contribution in [0.5, 0.6) is 0 Å². The first-order valence-corrected chi connectivity index (χ1v) is 5.23. The number of hydrogen-bond acceptors (Lipinski definition) is 3. The van der Waals surface area contributed by atoms with Gasteiger partial charge in [0.05, 0.1) is 6.04 Å². The molecular weight excluding hydrogens is 202 g/mol. The fraction of sp³-hybridized carbons (Fsp3) is 0.333. The summed E-state index contributed by atoms with van der Waals surface area (Å²) in [5.74, 6) is -0.0289. The van der Waals surface area contributed by atoms with Gasteiger partial charge in [0.1, 0.15) is 0 Å². The van der Waals surface area contributed by atoms with Crippen LogP contribution < -0.4 is 5.43 Å². The van der Waals surface area contributed by atoms with E-state index in [-0.39, 0.29) is 11.9 Å². The normalized spacial score (nSPS) is 20.3. The van der Waals surface area contributed by atoms with E-state index < -0.39 is 0 Å². The third kappa shape index (κ3) is 2.12. The number of aromatic nitrogens is 1. The number of carbonyl (C=O) groups is 1. The topological polar surface area (TPSA) is 45.2 Å². The zero-order valence-corrected chi connectivity index (χ0v) is 9.69. The highest BCUT2D eigenvalue weighted by Crippen LogP contribution is 2.19. The van der Waals surface area contributed by atoms with Crippen LogP contribution in [0.3, 0.4) is 0 Å². The summed E-state index contributed by atoms with van der Waals surface area (Å²) in [5.41, 5.74) is 6.21. The van der Waals surface area contributed by atoms with E-state index in [2.05, 4.69) is 10.4 Å². The van der Waals surface area contributed by atoms with Crippen molar-refractivity contribution in [1.82, 2.24) is 15.4 Å². The Morgan fingerprint density at radius 2 is 1.94 bits per heavy atom. The molecule has 2 heterocycles.